The highest BCUT2D eigenvalue weighted by Crippen LogP contribution is 2.40. The summed E-state index contributed by atoms with van der Waals surface area (Å²) in [5.74, 6) is 1.60. The van der Waals surface area contributed by atoms with Crippen LogP contribution in [0.1, 0.15) is 38.0 Å². The second kappa shape index (κ2) is 5.65. The van der Waals surface area contributed by atoms with Crippen LogP contribution < -0.4 is 5.32 Å². The average molecular weight is 265 g/mol. The van der Waals surface area contributed by atoms with Crippen LogP contribution >= 0.6 is 0 Å². The van der Waals surface area contributed by atoms with E-state index in [1.54, 1.807) is 6.26 Å². The molecular weight excluding hydrogens is 242 g/mol. The van der Waals surface area contributed by atoms with E-state index in [-0.39, 0.29) is 5.60 Å². The predicted molar refractivity (Wildman–Crippen MR) is 72.0 cm³/mol. The van der Waals surface area contributed by atoms with Crippen molar-refractivity contribution in [1.82, 2.24) is 5.32 Å². The van der Waals surface area contributed by atoms with E-state index in [0.29, 0.717) is 12.0 Å². The summed E-state index contributed by atoms with van der Waals surface area (Å²) in [5, 5.41) is 3.57. The molecule has 3 rings (SSSR count). The zero-order valence-corrected chi connectivity index (χ0v) is 11.6. The molecule has 0 bridgehead atoms. The Morgan fingerprint density at radius 1 is 1.47 bits per heavy atom. The third-order valence-electron chi connectivity index (χ3n) is 4.34. The van der Waals surface area contributed by atoms with Gasteiger partial charge < -0.3 is 19.2 Å². The molecule has 2 saturated heterocycles. The molecule has 3 unspecified atom stereocenters. The molecule has 2 fully saturated rings. The fourth-order valence-corrected chi connectivity index (χ4v) is 3.40. The standard InChI is InChI=1S/C15H23NO3/c1-2-16-14(13-4-3-7-18-13)12-5-8-19-15(10-12)6-9-17-11-15/h3-4,7,12,14,16H,2,5-6,8-11H2,1H3. The van der Waals surface area contributed by atoms with E-state index >= 15 is 0 Å². The molecule has 106 valence electrons. The lowest BCUT2D eigenvalue weighted by molar-refractivity contribution is -0.104. The van der Waals surface area contributed by atoms with Gasteiger partial charge >= 0.3 is 0 Å². The van der Waals surface area contributed by atoms with Crippen LogP contribution in [0.25, 0.3) is 0 Å². The third-order valence-corrected chi connectivity index (χ3v) is 4.34. The molecule has 4 nitrogen and oxygen atoms in total. The van der Waals surface area contributed by atoms with Crippen LogP contribution in [0.2, 0.25) is 0 Å². The lowest BCUT2D eigenvalue weighted by atomic mass is 9.80. The second-order valence-electron chi connectivity index (χ2n) is 5.64. The maximum absolute atomic E-state index is 6.02. The molecule has 0 aromatic carbocycles. The van der Waals surface area contributed by atoms with Crippen LogP contribution in [0.4, 0.5) is 0 Å². The van der Waals surface area contributed by atoms with Crippen molar-refractivity contribution in [3.8, 4) is 0 Å². The quantitative estimate of drug-likeness (QED) is 0.908. The Balaban J connectivity index is 1.74. The molecule has 3 atom stereocenters. The van der Waals surface area contributed by atoms with Gasteiger partial charge in [0.25, 0.3) is 0 Å². The first-order valence-electron chi connectivity index (χ1n) is 7.31. The number of hydrogen-bond donors (Lipinski definition) is 1. The molecule has 3 heterocycles. The first-order chi connectivity index (χ1) is 9.33. The summed E-state index contributed by atoms with van der Waals surface area (Å²) < 4.78 is 17.2. The number of ether oxygens (including phenoxy) is 2. The van der Waals surface area contributed by atoms with Gasteiger partial charge in [-0.3, -0.25) is 0 Å². The number of rotatable bonds is 4. The molecule has 4 heteroatoms. The summed E-state index contributed by atoms with van der Waals surface area (Å²) in [4.78, 5) is 0. The topological polar surface area (TPSA) is 43.6 Å². The molecule has 1 N–H and O–H groups in total. The normalized spacial score (nSPS) is 32.8. The van der Waals surface area contributed by atoms with Crippen LogP contribution in [-0.2, 0) is 9.47 Å². The van der Waals surface area contributed by atoms with Crippen LogP contribution in [0, 0.1) is 5.92 Å². The highest BCUT2D eigenvalue weighted by molar-refractivity contribution is 5.08. The van der Waals surface area contributed by atoms with Crippen LogP contribution in [0.3, 0.4) is 0 Å². The van der Waals surface area contributed by atoms with Gasteiger partial charge in [0.05, 0.1) is 24.5 Å². The van der Waals surface area contributed by atoms with E-state index in [1.165, 1.54) is 0 Å². The first-order valence-corrected chi connectivity index (χ1v) is 7.31. The van der Waals surface area contributed by atoms with Gasteiger partial charge in [-0.1, -0.05) is 6.92 Å². The number of nitrogens with one attached hydrogen (secondary N) is 1. The van der Waals surface area contributed by atoms with Crippen molar-refractivity contribution in [2.24, 2.45) is 5.92 Å². The van der Waals surface area contributed by atoms with Gasteiger partial charge in [0.15, 0.2) is 0 Å². The summed E-state index contributed by atoms with van der Waals surface area (Å²) >= 11 is 0. The van der Waals surface area contributed by atoms with Gasteiger partial charge in [0.1, 0.15) is 5.76 Å². The summed E-state index contributed by atoms with van der Waals surface area (Å²) in [6.07, 6.45) is 4.93. The highest BCUT2D eigenvalue weighted by Gasteiger charge is 2.43. The van der Waals surface area contributed by atoms with Crippen molar-refractivity contribution in [1.29, 1.82) is 0 Å². The Kier molecular flexibility index (Phi) is 3.91. The minimum absolute atomic E-state index is 0.0385. The van der Waals surface area contributed by atoms with Crippen molar-refractivity contribution in [2.75, 3.05) is 26.4 Å². The molecule has 1 aromatic heterocycles. The predicted octanol–water partition coefficient (Wildman–Crippen LogP) is 2.52. The maximum atomic E-state index is 6.02. The summed E-state index contributed by atoms with van der Waals surface area (Å²) in [6, 6.07) is 4.33. The zero-order valence-electron chi connectivity index (χ0n) is 11.6. The third kappa shape index (κ3) is 2.71. The minimum Gasteiger partial charge on any atom is -0.468 e. The largest absolute Gasteiger partial charge is 0.468 e. The van der Waals surface area contributed by atoms with E-state index in [0.717, 1.165) is 51.4 Å². The van der Waals surface area contributed by atoms with Crippen LogP contribution in [-0.4, -0.2) is 32.0 Å². The molecule has 19 heavy (non-hydrogen) atoms. The Bertz CT molecular complexity index is 384. The lowest BCUT2D eigenvalue weighted by Crippen LogP contribution is -2.44. The molecule has 0 amide bonds. The van der Waals surface area contributed by atoms with Crippen molar-refractivity contribution < 1.29 is 13.9 Å². The monoisotopic (exact) mass is 265 g/mol. The molecule has 1 aromatic rings. The van der Waals surface area contributed by atoms with E-state index in [4.69, 9.17) is 13.9 Å². The molecular formula is C15H23NO3. The van der Waals surface area contributed by atoms with Gasteiger partial charge in [-0.05, 0) is 37.4 Å². The summed E-state index contributed by atoms with van der Waals surface area (Å²) in [5.41, 5.74) is -0.0385. The fourth-order valence-electron chi connectivity index (χ4n) is 3.40. The van der Waals surface area contributed by atoms with Crippen LogP contribution in [0.15, 0.2) is 22.8 Å². The van der Waals surface area contributed by atoms with E-state index in [9.17, 15) is 0 Å². The van der Waals surface area contributed by atoms with Gasteiger partial charge in [0, 0.05) is 19.6 Å². The average Bonchev–Trinajstić information content (AvgIpc) is 3.08. The van der Waals surface area contributed by atoms with E-state index in [2.05, 4.69) is 18.3 Å². The molecule has 2 aliphatic heterocycles. The van der Waals surface area contributed by atoms with Gasteiger partial charge in [-0.25, -0.2) is 0 Å². The van der Waals surface area contributed by atoms with Crippen molar-refractivity contribution in [2.45, 2.75) is 37.8 Å². The number of furan rings is 1. The molecule has 0 aliphatic carbocycles. The molecule has 2 aliphatic rings. The summed E-state index contributed by atoms with van der Waals surface area (Å²) in [7, 11) is 0. The maximum Gasteiger partial charge on any atom is 0.120 e. The van der Waals surface area contributed by atoms with Gasteiger partial charge in [-0.15, -0.1) is 0 Å². The highest BCUT2D eigenvalue weighted by atomic mass is 16.6. The number of hydrogen-bond acceptors (Lipinski definition) is 4. The minimum atomic E-state index is -0.0385. The summed E-state index contributed by atoms with van der Waals surface area (Å²) in [6.45, 7) is 5.51. The molecule has 1 spiro atoms. The molecule has 0 saturated carbocycles. The van der Waals surface area contributed by atoms with E-state index in [1.807, 2.05) is 6.07 Å². The smallest absolute Gasteiger partial charge is 0.120 e. The van der Waals surface area contributed by atoms with Gasteiger partial charge in [-0.2, -0.15) is 0 Å². The van der Waals surface area contributed by atoms with Crippen molar-refractivity contribution in [3.63, 3.8) is 0 Å². The van der Waals surface area contributed by atoms with Crippen molar-refractivity contribution >= 4 is 0 Å². The Labute approximate surface area is 114 Å². The lowest BCUT2D eigenvalue weighted by Gasteiger charge is -2.40. The fraction of sp³-hybridized carbons (Fsp3) is 0.733. The second-order valence-corrected chi connectivity index (χ2v) is 5.64. The Morgan fingerprint density at radius 2 is 2.42 bits per heavy atom. The van der Waals surface area contributed by atoms with Crippen LogP contribution in [0.5, 0.6) is 0 Å². The van der Waals surface area contributed by atoms with Crippen molar-refractivity contribution in [3.05, 3.63) is 24.2 Å². The first kappa shape index (κ1) is 13.2. The zero-order chi connectivity index (χ0) is 13.1. The Hall–Kier alpha value is -0.840. The van der Waals surface area contributed by atoms with Gasteiger partial charge in [0.2, 0.25) is 0 Å². The SMILES string of the molecule is CCNC(c1ccco1)C1CCOC2(CCOC2)C1. The molecule has 0 radical (unpaired) electrons. The van der Waals surface area contributed by atoms with E-state index < -0.39 is 0 Å². The Morgan fingerprint density at radius 3 is 3.11 bits per heavy atom.